The molecule has 0 bridgehead atoms. The van der Waals surface area contributed by atoms with Gasteiger partial charge in [-0.1, -0.05) is 72.8 Å². The van der Waals surface area contributed by atoms with Gasteiger partial charge in [0.25, 0.3) is 0 Å². The molecule has 224 valence electrons. The Morgan fingerprint density at radius 2 is 1.14 bits per heavy atom. The molecule has 4 amide bonds. The van der Waals surface area contributed by atoms with Gasteiger partial charge in [0.1, 0.15) is 0 Å². The number of aliphatic hydroxyl groups excluding tert-OH is 1. The van der Waals surface area contributed by atoms with Crippen molar-refractivity contribution in [1.82, 2.24) is 30.4 Å². The summed E-state index contributed by atoms with van der Waals surface area (Å²) in [6.07, 6.45) is 7.11. The molecule has 0 spiro atoms. The number of carbonyl (C=O) groups excluding carboxylic acids is 2. The third-order valence-corrected chi connectivity index (χ3v) is 7.23. The highest BCUT2D eigenvalue weighted by Gasteiger charge is 2.28. The molecule has 0 unspecified atom stereocenters. The van der Waals surface area contributed by atoms with Gasteiger partial charge in [0.05, 0.1) is 12.1 Å². The Balaban J connectivity index is 1.48. The highest BCUT2D eigenvalue weighted by Crippen LogP contribution is 2.15. The lowest BCUT2D eigenvalue weighted by Crippen LogP contribution is -2.52. The molecule has 0 saturated heterocycles. The van der Waals surface area contributed by atoms with Crippen molar-refractivity contribution in [3.05, 3.63) is 132 Å². The summed E-state index contributed by atoms with van der Waals surface area (Å²) in [5.41, 5.74) is 3.85. The summed E-state index contributed by atoms with van der Waals surface area (Å²) in [5, 5.41) is 17.8. The zero-order valence-corrected chi connectivity index (χ0v) is 24.7. The molecule has 3 N–H and O–H groups in total. The largest absolute Gasteiger partial charge is 0.391 e. The first-order valence-electron chi connectivity index (χ1n) is 14.4. The predicted molar refractivity (Wildman–Crippen MR) is 167 cm³/mol. The van der Waals surface area contributed by atoms with Crippen LogP contribution in [-0.4, -0.2) is 69.2 Å². The maximum atomic E-state index is 13.3. The lowest BCUT2D eigenvalue weighted by atomic mass is 9.93. The fraction of sp³-hybridized carbons (Fsp3) is 0.294. The van der Waals surface area contributed by atoms with Crippen molar-refractivity contribution in [3.63, 3.8) is 0 Å². The zero-order valence-electron chi connectivity index (χ0n) is 24.7. The van der Waals surface area contributed by atoms with E-state index in [9.17, 15) is 14.7 Å². The van der Waals surface area contributed by atoms with Crippen molar-refractivity contribution in [2.45, 2.75) is 50.5 Å². The normalized spacial score (nSPS) is 12.9. The summed E-state index contributed by atoms with van der Waals surface area (Å²) < 4.78 is 0. The van der Waals surface area contributed by atoms with Crippen LogP contribution in [0.15, 0.2) is 110 Å². The lowest BCUT2D eigenvalue weighted by Gasteiger charge is -2.31. The second kappa shape index (κ2) is 16.0. The van der Waals surface area contributed by atoms with Gasteiger partial charge in [-0.25, -0.2) is 9.59 Å². The third-order valence-electron chi connectivity index (χ3n) is 7.23. The Morgan fingerprint density at radius 1 is 0.674 bits per heavy atom. The predicted octanol–water partition coefficient (Wildman–Crippen LogP) is 4.43. The first kappa shape index (κ1) is 31.2. The second-order valence-electron chi connectivity index (χ2n) is 10.8. The smallest absolute Gasteiger partial charge is 0.317 e. The SMILES string of the molecule is CN(Cc1cccnc1)C(=O)N[C@@H](Cc1ccccc1)C[C@H](O)[C@H](Cc1ccccc1)NC(=O)N(C)Cc1cccnc1. The van der Waals surface area contributed by atoms with Gasteiger partial charge < -0.3 is 25.5 Å². The molecule has 4 aromatic rings. The van der Waals surface area contributed by atoms with E-state index in [1.54, 1.807) is 48.7 Å². The molecule has 9 nitrogen and oxygen atoms in total. The van der Waals surface area contributed by atoms with Gasteiger partial charge in [-0.05, 0) is 53.6 Å². The maximum absolute atomic E-state index is 13.3. The molecule has 2 aromatic carbocycles. The van der Waals surface area contributed by atoms with Crippen LogP contribution in [0.4, 0.5) is 9.59 Å². The lowest BCUT2D eigenvalue weighted by molar-refractivity contribution is 0.104. The van der Waals surface area contributed by atoms with Crippen LogP contribution in [0.25, 0.3) is 0 Å². The highest BCUT2D eigenvalue weighted by atomic mass is 16.3. The summed E-state index contributed by atoms with van der Waals surface area (Å²) in [4.78, 5) is 38.0. The van der Waals surface area contributed by atoms with Crippen LogP contribution in [-0.2, 0) is 25.9 Å². The molecule has 4 rings (SSSR count). The van der Waals surface area contributed by atoms with Crippen molar-refractivity contribution >= 4 is 12.1 Å². The van der Waals surface area contributed by atoms with Gasteiger partial charge >= 0.3 is 12.1 Å². The van der Waals surface area contributed by atoms with Crippen molar-refractivity contribution in [3.8, 4) is 0 Å². The Kier molecular flexibility index (Phi) is 11.6. The molecule has 0 aliphatic heterocycles. The van der Waals surface area contributed by atoms with Crippen LogP contribution in [0.1, 0.15) is 28.7 Å². The van der Waals surface area contributed by atoms with Crippen molar-refractivity contribution in [1.29, 1.82) is 0 Å². The average molecular weight is 581 g/mol. The standard InChI is InChI=1S/C34H40N6O3/c1-39(24-28-15-9-17-35-22-28)33(42)37-30(19-26-11-5-3-6-12-26)21-32(41)31(20-27-13-7-4-8-14-27)38-34(43)40(2)25-29-16-10-18-36-23-29/h3-18,22-23,30-32,41H,19-21,24-25H2,1-2H3,(H,37,42)(H,38,43)/t30-,31-,32-/m0/s1. The molecule has 2 heterocycles. The molecule has 0 radical (unpaired) electrons. The molecule has 0 fully saturated rings. The number of amides is 4. The van der Waals surface area contributed by atoms with E-state index >= 15 is 0 Å². The second-order valence-corrected chi connectivity index (χ2v) is 10.8. The number of nitrogens with zero attached hydrogens (tertiary/aromatic N) is 4. The Hall–Kier alpha value is -4.76. The Labute approximate surface area is 253 Å². The summed E-state index contributed by atoms with van der Waals surface area (Å²) in [6, 6.07) is 25.6. The number of pyridine rings is 2. The van der Waals surface area contributed by atoms with Crippen LogP contribution >= 0.6 is 0 Å². The minimum atomic E-state index is -0.936. The fourth-order valence-electron chi connectivity index (χ4n) is 4.93. The minimum Gasteiger partial charge on any atom is -0.391 e. The third kappa shape index (κ3) is 10.2. The van der Waals surface area contributed by atoms with Crippen molar-refractivity contribution < 1.29 is 14.7 Å². The summed E-state index contributed by atoms with van der Waals surface area (Å²) in [7, 11) is 3.44. The van der Waals surface area contributed by atoms with E-state index < -0.39 is 12.1 Å². The van der Waals surface area contributed by atoms with Gasteiger partial charge in [-0.15, -0.1) is 0 Å². The van der Waals surface area contributed by atoms with Crippen LogP contribution in [0, 0.1) is 0 Å². The van der Waals surface area contributed by atoms with Gasteiger partial charge in [-0.3, -0.25) is 9.97 Å². The van der Waals surface area contributed by atoms with E-state index in [0.29, 0.717) is 25.9 Å². The van der Waals surface area contributed by atoms with Crippen molar-refractivity contribution in [2.75, 3.05) is 14.1 Å². The average Bonchev–Trinajstić information content (AvgIpc) is 3.02. The summed E-state index contributed by atoms with van der Waals surface area (Å²) in [6.45, 7) is 0.778. The van der Waals surface area contributed by atoms with E-state index in [2.05, 4.69) is 20.6 Å². The van der Waals surface area contributed by atoms with Crippen LogP contribution in [0.3, 0.4) is 0 Å². The Morgan fingerprint density at radius 3 is 1.63 bits per heavy atom. The number of urea groups is 2. The highest BCUT2D eigenvalue weighted by molar-refractivity contribution is 5.75. The number of nitrogens with one attached hydrogen (secondary N) is 2. The zero-order chi connectivity index (χ0) is 30.4. The molecule has 0 aliphatic rings. The first-order chi connectivity index (χ1) is 20.9. The summed E-state index contributed by atoms with van der Waals surface area (Å²) >= 11 is 0. The Bertz CT molecular complexity index is 1390. The number of aromatic nitrogens is 2. The molecular formula is C34H40N6O3. The summed E-state index contributed by atoms with van der Waals surface area (Å²) in [5.74, 6) is 0. The molecule has 0 aliphatic carbocycles. The molecule has 9 heteroatoms. The first-order valence-corrected chi connectivity index (χ1v) is 14.4. The van der Waals surface area contributed by atoms with Crippen LogP contribution in [0.5, 0.6) is 0 Å². The molecular weight excluding hydrogens is 540 g/mol. The van der Waals surface area contributed by atoms with E-state index in [1.165, 1.54) is 0 Å². The van der Waals surface area contributed by atoms with Crippen LogP contribution in [0.2, 0.25) is 0 Å². The number of carbonyl (C=O) groups is 2. The number of benzene rings is 2. The number of hydrogen-bond donors (Lipinski definition) is 3. The van der Waals surface area contributed by atoms with Crippen LogP contribution < -0.4 is 10.6 Å². The fourth-order valence-corrected chi connectivity index (χ4v) is 4.93. The minimum absolute atomic E-state index is 0.242. The van der Waals surface area contributed by atoms with Crippen molar-refractivity contribution in [2.24, 2.45) is 0 Å². The van der Waals surface area contributed by atoms with E-state index in [0.717, 1.165) is 22.3 Å². The van der Waals surface area contributed by atoms with Gasteiger partial charge in [0.2, 0.25) is 0 Å². The topological polar surface area (TPSA) is 111 Å². The molecule has 0 saturated carbocycles. The molecule has 2 aromatic heterocycles. The molecule has 43 heavy (non-hydrogen) atoms. The molecule has 3 atom stereocenters. The number of aliphatic hydroxyl groups is 1. The van der Waals surface area contributed by atoms with Gasteiger partial charge in [0.15, 0.2) is 0 Å². The van der Waals surface area contributed by atoms with E-state index in [-0.39, 0.29) is 24.5 Å². The number of rotatable bonds is 13. The van der Waals surface area contributed by atoms with E-state index in [4.69, 9.17) is 0 Å². The number of hydrogen-bond acceptors (Lipinski definition) is 5. The van der Waals surface area contributed by atoms with Gasteiger partial charge in [0, 0.05) is 58.0 Å². The maximum Gasteiger partial charge on any atom is 0.317 e. The quantitative estimate of drug-likeness (QED) is 0.217. The monoisotopic (exact) mass is 580 g/mol. The van der Waals surface area contributed by atoms with Gasteiger partial charge in [-0.2, -0.15) is 0 Å². The van der Waals surface area contributed by atoms with E-state index in [1.807, 2.05) is 84.9 Å².